The minimum absolute atomic E-state index is 0. The van der Waals surface area contributed by atoms with Crippen LogP contribution in [0.5, 0.6) is 0 Å². The van der Waals surface area contributed by atoms with E-state index in [4.69, 9.17) is 4.99 Å². The van der Waals surface area contributed by atoms with Crippen molar-refractivity contribution >= 4 is 29.9 Å². The summed E-state index contributed by atoms with van der Waals surface area (Å²) in [6, 6.07) is 10.4. The van der Waals surface area contributed by atoms with E-state index in [2.05, 4.69) is 58.7 Å². The van der Waals surface area contributed by atoms with Gasteiger partial charge in [0.05, 0.1) is 13.1 Å². The van der Waals surface area contributed by atoms with E-state index >= 15 is 0 Å². The van der Waals surface area contributed by atoms with Crippen LogP contribution in [0.1, 0.15) is 37.8 Å². The number of benzene rings is 1. The van der Waals surface area contributed by atoms with Crippen molar-refractivity contribution in [2.75, 3.05) is 32.7 Å². The summed E-state index contributed by atoms with van der Waals surface area (Å²) in [5, 5.41) is 11.2. The maximum atomic E-state index is 4.83. The molecule has 160 valence electrons. The zero-order valence-electron chi connectivity index (χ0n) is 17.7. The number of halogens is 1. The third kappa shape index (κ3) is 7.97. The van der Waals surface area contributed by atoms with Gasteiger partial charge in [-0.05, 0) is 56.0 Å². The van der Waals surface area contributed by atoms with Crippen molar-refractivity contribution in [2.45, 2.75) is 39.8 Å². The predicted molar refractivity (Wildman–Crippen MR) is 131 cm³/mol. The molecule has 0 bridgehead atoms. The first-order valence-electron chi connectivity index (χ1n) is 10.5. The zero-order valence-corrected chi connectivity index (χ0v) is 20.0. The normalized spacial score (nSPS) is 15.7. The first-order valence-corrected chi connectivity index (χ1v) is 10.5. The van der Waals surface area contributed by atoms with Gasteiger partial charge in [0.1, 0.15) is 0 Å². The minimum Gasteiger partial charge on any atom is -0.357 e. The molecule has 1 aliphatic heterocycles. The van der Waals surface area contributed by atoms with Crippen molar-refractivity contribution in [3.63, 3.8) is 0 Å². The van der Waals surface area contributed by atoms with Crippen LogP contribution in [0, 0.1) is 5.92 Å². The number of hydrogen-bond donors (Lipinski definition) is 2. The van der Waals surface area contributed by atoms with Gasteiger partial charge < -0.3 is 15.5 Å². The van der Waals surface area contributed by atoms with Crippen molar-refractivity contribution < 1.29 is 0 Å². The summed E-state index contributed by atoms with van der Waals surface area (Å²) in [6.45, 7) is 11.3. The molecule has 6 nitrogen and oxygen atoms in total. The lowest BCUT2D eigenvalue weighted by Gasteiger charge is -2.21. The highest BCUT2D eigenvalue weighted by Crippen LogP contribution is 2.12. The lowest BCUT2D eigenvalue weighted by Crippen LogP contribution is -2.41. The molecule has 0 radical (unpaired) electrons. The fourth-order valence-electron chi connectivity index (χ4n) is 3.68. The van der Waals surface area contributed by atoms with Crippen LogP contribution in [0.4, 0.5) is 0 Å². The van der Waals surface area contributed by atoms with Gasteiger partial charge in [-0.15, -0.1) is 24.0 Å². The molecule has 2 aromatic rings. The Morgan fingerprint density at radius 3 is 2.59 bits per heavy atom. The van der Waals surface area contributed by atoms with Crippen molar-refractivity contribution in [1.82, 2.24) is 25.3 Å². The molecule has 1 aromatic heterocycles. The molecule has 0 aliphatic carbocycles. The third-order valence-corrected chi connectivity index (χ3v) is 5.15. The highest BCUT2D eigenvalue weighted by atomic mass is 127. The number of hydrogen-bond acceptors (Lipinski definition) is 3. The molecule has 1 fully saturated rings. The van der Waals surface area contributed by atoms with Crippen molar-refractivity contribution in [3.8, 4) is 0 Å². The van der Waals surface area contributed by atoms with Gasteiger partial charge in [0.25, 0.3) is 0 Å². The quantitative estimate of drug-likeness (QED) is 0.309. The van der Waals surface area contributed by atoms with Crippen LogP contribution in [0.25, 0.3) is 0 Å². The van der Waals surface area contributed by atoms with Gasteiger partial charge >= 0.3 is 0 Å². The molecule has 1 atom stereocenters. The largest absolute Gasteiger partial charge is 0.357 e. The summed E-state index contributed by atoms with van der Waals surface area (Å²) in [5.74, 6) is 1.50. The third-order valence-electron chi connectivity index (χ3n) is 5.15. The first kappa shape index (κ1) is 23.7. The Balaban J connectivity index is 0.00000300. The molecular weight excluding hydrogens is 475 g/mol. The highest BCUT2D eigenvalue weighted by Gasteiger charge is 2.14. The van der Waals surface area contributed by atoms with E-state index in [9.17, 15) is 0 Å². The van der Waals surface area contributed by atoms with Crippen LogP contribution in [-0.2, 0) is 13.1 Å². The molecule has 7 heteroatoms. The number of guanidine groups is 1. The molecule has 2 heterocycles. The summed E-state index contributed by atoms with van der Waals surface area (Å²) in [6.07, 6.45) is 6.51. The molecule has 1 unspecified atom stereocenters. The number of rotatable bonds is 9. The average Bonchev–Trinajstić information content (AvgIpc) is 3.39. The Labute approximate surface area is 192 Å². The van der Waals surface area contributed by atoms with E-state index in [-0.39, 0.29) is 24.0 Å². The van der Waals surface area contributed by atoms with Crippen LogP contribution < -0.4 is 10.6 Å². The second-order valence-electron chi connectivity index (χ2n) is 7.66. The maximum absolute atomic E-state index is 4.83. The SMILES string of the molecule is CCNC(=NCc1ccccc1Cn1cccn1)NCC(C)CN1CCCC1.I. The van der Waals surface area contributed by atoms with Crippen LogP contribution in [0.2, 0.25) is 0 Å². The van der Waals surface area contributed by atoms with Crippen LogP contribution in [-0.4, -0.2) is 53.4 Å². The summed E-state index contributed by atoms with van der Waals surface area (Å²) in [4.78, 5) is 7.40. The Morgan fingerprint density at radius 2 is 1.90 bits per heavy atom. The lowest BCUT2D eigenvalue weighted by molar-refractivity contribution is 0.287. The molecule has 0 spiro atoms. The molecule has 3 rings (SSSR count). The zero-order chi connectivity index (χ0) is 19.6. The van der Waals surface area contributed by atoms with Gasteiger partial charge in [0.15, 0.2) is 5.96 Å². The van der Waals surface area contributed by atoms with Crippen molar-refractivity contribution in [1.29, 1.82) is 0 Å². The van der Waals surface area contributed by atoms with E-state index in [1.54, 1.807) is 0 Å². The standard InChI is InChI=1S/C22H34N6.HI/c1-3-23-22(24-15-19(2)17-27-12-6-7-13-27)25-16-20-9-4-5-10-21(20)18-28-14-8-11-26-28;/h4-5,8-11,14,19H,3,6-7,12-13,15-18H2,1-2H3,(H2,23,24,25);1H. The van der Waals surface area contributed by atoms with Gasteiger partial charge in [-0.2, -0.15) is 5.10 Å². The Bertz CT molecular complexity index is 725. The number of aliphatic imine (C=N–C) groups is 1. The Morgan fingerprint density at radius 1 is 1.14 bits per heavy atom. The lowest BCUT2D eigenvalue weighted by atomic mass is 10.1. The average molecular weight is 510 g/mol. The summed E-state index contributed by atoms with van der Waals surface area (Å²) < 4.78 is 1.95. The van der Waals surface area contributed by atoms with Crippen molar-refractivity contribution in [2.24, 2.45) is 10.9 Å². The number of aromatic nitrogens is 2. The van der Waals surface area contributed by atoms with Gasteiger partial charge in [0.2, 0.25) is 0 Å². The van der Waals surface area contributed by atoms with Crippen LogP contribution in [0.15, 0.2) is 47.7 Å². The smallest absolute Gasteiger partial charge is 0.191 e. The van der Waals surface area contributed by atoms with Gasteiger partial charge in [-0.25, -0.2) is 4.99 Å². The summed E-state index contributed by atoms with van der Waals surface area (Å²) in [5.41, 5.74) is 2.49. The van der Waals surface area contributed by atoms with Gasteiger partial charge in [0, 0.05) is 32.0 Å². The molecule has 0 saturated carbocycles. The maximum Gasteiger partial charge on any atom is 0.191 e. The van der Waals surface area contributed by atoms with E-state index < -0.39 is 0 Å². The topological polar surface area (TPSA) is 57.5 Å². The monoisotopic (exact) mass is 510 g/mol. The van der Waals surface area contributed by atoms with E-state index in [1.165, 1.54) is 43.6 Å². The fraction of sp³-hybridized carbons (Fsp3) is 0.545. The minimum atomic E-state index is 0. The molecule has 1 aromatic carbocycles. The molecule has 0 amide bonds. The molecular formula is C22H35IN6. The van der Waals surface area contributed by atoms with E-state index in [0.717, 1.165) is 25.6 Å². The summed E-state index contributed by atoms with van der Waals surface area (Å²) >= 11 is 0. The second kappa shape index (κ2) is 12.8. The molecule has 1 saturated heterocycles. The predicted octanol–water partition coefficient (Wildman–Crippen LogP) is 3.34. The first-order chi connectivity index (χ1) is 13.7. The Kier molecular flexibility index (Phi) is 10.5. The highest BCUT2D eigenvalue weighted by molar-refractivity contribution is 14.0. The fourth-order valence-corrected chi connectivity index (χ4v) is 3.68. The van der Waals surface area contributed by atoms with E-state index in [0.29, 0.717) is 12.5 Å². The number of nitrogens with one attached hydrogen (secondary N) is 2. The number of likely N-dealkylation sites (tertiary alicyclic amines) is 1. The number of nitrogens with zero attached hydrogens (tertiary/aromatic N) is 4. The van der Waals surface area contributed by atoms with Crippen LogP contribution in [0.3, 0.4) is 0 Å². The molecule has 2 N–H and O–H groups in total. The van der Waals surface area contributed by atoms with Gasteiger partial charge in [-0.3, -0.25) is 4.68 Å². The van der Waals surface area contributed by atoms with E-state index in [1.807, 2.05) is 23.1 Å². The van der Waals surface area contributed by atoms with Crippen LogP contribution >= 0.6 is 24.0 Å². The van der Waals surface area contributed by atoms with Crippen molar-refractivity contribution in [3.05, 3.63) is 53.9 Å². The Hall–Kier alpha value is -1.61. The molecule has 1 aliphatic rings. The van der Waals surface area contributed by atoms with Gasteiger partial charge in [-0.1, -0.05) is 31.2 Å². The molecule has 29 heavy (non-hydrogen) atoms. The second-order valence-corrected chi connectivity index (χ2v) is 7.66. The summed E-state index contributed by atoms with van der Waals surface area (Å²) in [7, 11) is 0.